The summed E-state index contributed by atoms with van der Waals surface area (Å²) in [6, 6.07) is 19.0. The Kier molecular flexibility index (Phi) is 4.47. The van der Waals surface area contributed by atoms with Crippen LogP contribution in [0.25, 0.3) is 17.2 Å². The first-order chi connectivity index (χ1) is 14.2. The van der Waals surface area contributed by atoms with E-state index < -0.39 is 0 Å². The second-order valence-electron chi connectivity index (χ2n) is 7.69. The average Bonchev–Trinajstić information content (AvgIpc) is 3.12. The molecule has 2 aliphatic heterocycles. The molecule has 0 N–H and O–H groups in total. The number of fused-ring (bicyclic) bond motifs is 2. The molecule has 2 atom stereocenters. The molecule has 1 amide bonds. The molecule has 0 aliphatic carbocycles. The molecule has 0 bridgehead atoms. The first-order valence-electron chi connectivity index (χ1n) is 9.96. The summed E-state index contributed by atoms with van der Waals surface area (Å²) < 4.78 is 13.5. The highest BCUT2D eigenvalue weighted by Gasteiger charge is 2.40. The van der Waals surface area contributed by atoms with Gasteiger partial charge in [0.1, 0.15) is 5.82 Å². The maximum atomic E-state index is 13.5. The van der Waals surface area contributed by atoms with Crippen LogP contribution in [0.2, 0.25) is 0 Å². The quantitative estimate of drug-likeness (QED) is 0.623. The standard InChI is InChI=1S/C25H21FN2O/c26-20-6-3-5-17(14-20)18-8-9-21(27-15-18)10-11-23-22-7-2-1-4-19(22)16-28-24(23)12-13-25(28)29/h1-11,14-15,23-24H,12-13,16H2/b11-10+/t23?,24-/m1/s1. The lowest BCUT2D eigenvalue weighted by molar-refractivity contribution is -0.130. The van der Waals surface area contributed by atoms with E-state index in [-0.39, 0.29) is 23.7 Å². The Morgan fingerprint density at radius 3 is 2.76 bits per heavy atom. The Balaban J connectivity index is 1.42. The van der Waals surface area contributed by atoms with Gasteiger partial charge in [-0.05, 0) is 47.4 Å². The van der Waals surface area contributed by atoms with Crippen LogP contribution in [0, 0.1) is 5.82 Å². The number of rotatable bonds is 3. The lowest BCUT2D eigenvalue weighted by Crippen LogP contribution is -2.40. The predicted molar refractivity (Wildman–Crippen MR) is 111 cm³/mol. The number of aromatic nitrogens is 1. The number of hydrogen-bond donors (Lipinski definition) is 0. The van der Waals surface area contributed by atoms with Crippen molar-refractivity contribution in [2.75, 3.05) is 0 Å². The van der Waals surface area contributed by atoms with Crippen LogP contribution >= 0.6 is 0 Å². The van der Waals surface area contributed by atoms with E-state index in [0.717, 1.165) is 23.2 Å². The molecule has 29 heavy (non-hydrogen) atoms. The lowest BCUT2D eigenvalue weighted by Gasteiger charge is -2.37. The van der Waals surface area contributed by atoms with Gasteiger partial charge in [-0.1, -0.05) is 48.5 Å². The normalized spacial score (nSPS) is 20.7. The number of carbonyl (C=O) groups excluding carboxylic acids is 1. The van der Waals surface area contributed by atoms with Gasteiger partial charge in [-0.25, -0.2) is 4.39 Å². The van der Waals surface area contributed by atoms with Gasteiger partial charge in [-0.3, -0.25) is 9.78 Å². The van der Waals surface area contributed by atoms with Gasteiger partial charge < -0.3 is 4.90 Å². The van der Waals surface area contributed by atoms with Crippen molar-refractivity contribution in [3.63, 3.8) is 0 Å². The van der Waals surface area contributed by atoms with Crippen molar-refractivity contribution in [3.8, 4) is 11.1 Å². The molecule has 0 radical (unpaired) electrons. The van der Waals surface area contributed by atoms with Gasteiger partial charge >= 0.3 is 0 Å². The molecule has 1 aromatic heterocycles. The van der Waals surface area contributed by atoms with Gasteiger partial charge in [0.2, 0.25) is 5.91 Å². The van der Waals surface area contributed by atoms with Gasteiger partial charge in [0, 0.05) is 36.7 Å². The maximum Gasteiger partial charge on any atom is 0.223 e. The number of halogens is 1. The van der Waals surface area contributed by atoms with E-state index in [0.29, 0.717) is 13.0 Å². The van der Waals surface area contributed by atoms with Crippen LogP contribution in [0.15, 0.2) is 72.9 Å². The fraction of sp³-hybridized carbons (Fsp3) is 0.200. The Labute approximate surface area is 169 Å². The SMILES string of the molecule is O=C1CC[C@@H]2C(/C=C/c3ccc(-c4cccc(F)c4)cn3)c3ccccc3CN12. The lowest BCUT2D eigenvalue weighted by atomic mass is 9.83. The molecular weight excluding hydrogens is 363 g/mol. The summed E-state index contributed by atoms with van der Waals surface area (Å²) in [5.74, 6) is 0.176. The molecule has 2 aromatic carbocycles. The van der Waals surface area contributed by atoms with Crippen LogP contribution in [-0.4, -0.2) is 21.8 Å². The van der Waals surface area contributed by atoms with E-state index in [1.807, 2.05) is 35.2 Å². The van der Waals surface area contributed by atoms with Crippen molar-refractivity contribution in [1.29, 1.82) is 0 Å². The van der Waals surface area contributed by atoms with E-state index in [2.05, 4.69) is 29.3 Å². The molecule has 1 fully saturated rings. The van der Waals surface area contributed by atoms with Crippen LogP contribution in [0.3, 0.4) is 0 Å². The molecule has 3 nitrogen and oxygen atoms in total. The molecule has 3 heterocycles. The zero-order chi connectivity index (χ0) is 19.8. The van der Waals surface area contributed by atoms with Gasteiger partial charge in [0.15, 0.2) is 0 Å². The molecule has 2 aliphatic rings. The van der Waals surface area contributed by atoms with Crippen molar-refractivity contribution in [2.24, 2.45) is 0 Å². The first-order valence-corrected chi connectivity index (χ1v) is 9.96. The van der Waals surface area contributed by atoms with Crippen LogP contribution in [0.5, 0.6) is 0 Å². The van der Waals surface area contributed by atoms with Gasteiger partial charge in [-0.15, -0.1) is 0 Å². The minimum Gasteiger partial charge on any atom is -0.334 e. The summed E-state index contributed by atoms with van der Waals surface area (Å²) in [6.07, 6.45) is 7.51. The van der Waals surface area contributed by atoms with Crippen molar-refractivity contribution >= 4 is 12.0 Å². The monoisotopic (exact) mass is 384 g/mol. The number of benzene rings is 2. The third kappa shape index (κ3) is 3.35. The second kappa shape index (κ2) is 7.28. The summed E-state index contributed by atoms with van der Waals surface area (Å²) in [4.78, 5) is 18.9. The van der Waals surface area contributed by atoms with E-state index >= 15 is 0 Å². The molecule has 5 rings (SSSR count). The van der Waals surface area contributed by atoms with E-state index in [4.69, 9.17) is 0 Å². The Morgan fingerprint density at radius 2 is 1.93 bits per heavy atom. The Bertz CT molecular complexity index is 1090. The summed E-state index contributed by atoms with van der Waals surface area (Å²) in [5.41, 5.74) is 5.08. The minimum atomic E-state index is -0.252. The van der Waals surface area contributed by atoms with Gasteiger partial charge in [0.25, 0.3) is 0 Å². The highest BCUT2D eigenvalue weighted by molar-refractivity contribution is 5.79. The van der Waals surface area contributed by atoms with Crippen LogP contribution in [-0.2, 0) is 11.3 Å². The summed E-state index contributed by atoms with van der Waals surface area (Å²) >= 11 is 0. The minimum absolute atomic E-state index is 0.177. The zero-order valence-electron chi connectivity index (χ0n) is 16.0. The van der Waals surface area contributed by atoms with Crippen molar-refractivity contribution in [1.82, 2.24) is 9.88 Å². The van der Waals surface area contributed by atoms with Gasteiger partial charge in [0.05, 0.1) is 5.69 Å². The average molecular weight is 384 g/mol. The van der Waals surface area contributed by atoms with Crippen molar-refractivity contribution < 1.29 is 9.18 Å². The van der Waals surface area contributed by atoms with Crippen LogP contribution in [0.4, 0.5) is 4.39 Å². The highest BCUT2D eigenvalue weighted by Crippen LogP contribution is 2.40. The second-order valence-corrected chi connectivity index (χ2v) is 7.69. The predicted octanol–water partition coefficient (Wildman–Crippen LogP) is 5.19. The highest BCUT2D eigenvalue weighted by atomic mass is 19.1. The molecule has 144 valence electrons. The number of pyridine rings is 1. The fourth-order valence-corrected chi connectivity index (χ4v) is 4.51. The number of nitrogens with zero attached hydrogens (tertiary/aromatic N) is 2. The summed E-state index contributed by atoms with van der Waals surface area (Å²) in [7, 11) is 0. The molecule has 1 unspecified atom stereocenters. The molecular formula is C25H21FN2O. The number of carbonyl (C=O) groups is 1. The maximum absolute atomic E-state index is 13.5. The van der Waals surface area contributed by atoms with E-state index in [9.17, 15) is 9.18 Å². The fourth-order valence-electron chi connectivity index (χ4n) is 4.51. The van der Waals surface area contributed by atoms with E-state index in [1.165, 1.54) is 23.3 Å². The third-order valence-corrected chi connectivity index (χ3v) is 5.96. The zero-order valence-corrected chi connectivity index (χ0v) is 16.0. The van der Waals surface area contributed by atoms with Gasteiger partial charge in [-0.2, -0.15) is 0 Å². The summed E-state index contributed by atoms with van der Waals surface area (Å²) in [5, 5.41) is 0. The van der Waals surface area contributed by atoms with Crippen LogP contribution < -0.4 is 0 Å². The number of amides is 1. The first kappa shape index (κ1) is 17.8. The largest absolute Gasteiger partial charge is 0.334 e. The Hall–Kier alpha value is -3.27. The molecule has 1 saturated heterocycles. The molecule has 0 spiro atoms. The van der Waals surface area contributed by atoms with Crippen molar-refractivity contribution in [2.45, 2.75) is 31.3 Å². The molecule has 3 aromatic rings. The molecule has 0 saturated carbocycles. The number of hydrogen-bond acceptors (Lipinski definition) is 2. The molecule has 4 heteroatoms. The van der Waals surface area contributed by atoms with Crippen LogP contribution in [0.1, 0.15) is 35.6 Å². The third-order valence-electron chi connectivity index (χ3n) is 5.96. The van der Waals surface area contributed by atoms with Crippen molar-refractivity contribution in [3.05, 3.63) is 95.6 Å². The smallest absolute Gasteiger partial charge is 0.223 e. The Morgan fingerprint density at radius 1 is 1.03 bits per heavy atom. The topological polar surface area (TPSA) is 33.2 Å². The van der Waals surface area contributed by atoms with E-state index in [1.54, 1.807) is 12.3 Å². The summed E-state index contributed by atoms with van der Waals surface area (Å²) in [6.45, 7) is 0.713.